The van der Waals surface area contributed by atoms with Crippen molar-refractivity contribution >= 4 is 11.6 Å². The molecule has 1 unspecified atom stereocenters. The maximum absolute atomic E-state index is 13.5. The highest BCUT2D eigenvalue weighted by molar-refractivity contribution is 5.99. The van der Waals surface area contributed by atoms with E-state index < -0.39 is 17.8 Å². The van der Waals surface area contributed by atoms with Gasteiger partial charge in [-0.15, -0.1) is 0 Å². The molecule has 128 valence electrons. The topological polar surface area (TPSA) is 72.9 Å². The largest absolute Gasteiger partial charge is 0.398 e. The summed E-state index contributed by atoms with van der Waals surface area (Å²) in [6.07, 6.45) is 3.48. The normalized spacial score (nSPS) is 12.0. The SMILES string of the molecule is Cc1ccccc1C(NC(=O)c1cc(F)ccc1N)c1nccn1C. The standard InChI is InChI=1S/C19H19FN4O/c1-12-5-3-4-6-14(12)17(18-22-9-10-24(18)2)23-19(25)15-11-13(20)7-8-16(15)21/h3-11,17H,21H2,1-2H3,(H,23,25). The Labute approximate surface area is 145 Å². The third-order valence-corrected chi connectivity index (χ3v) is 4.15. The minimum absolute atomic E-state index is 0.104. The van der Waals surface area contributed by atoms with Gasteiger partial charge in [0, 0.05) is 25.1 Å². The lowest BCUT2D eigenvalue weighted by Gasteiger charge is -2.21. The number of imidazole rings is 1. The van der Waals surface area contributed by atoms with Crippen LogP contribution in [0.3, 0.4) is 0 Å². The molecule has 0 aliphatic rings. The molecule has 1 amide bonds. The summed E-state index contributed by atoms with van der Waals surface area (Å²) in [6, 6.07) is 11.0. The van der Waals surface area contributed by atoms with Crippen molar-refractivity contribution in [3.8, 4) is 0 Å². The highest BCUT2D eigenvalue weighted by atomic mass is 19.1. The highest BCUT2D eigenvalue weighted by Gasteiger charge is 2.23. The van der Waals surface area contributed by atoms with Gasteiger partial charge in [-0.05, 0) is 36.2 Å². The van der Waals surface area contributed by atoms with Crippen LogP contribution in [0.5, 0.6) is 0 Å². The molecule has 0 bridgehead atoms. The van der Waals surface area contributed by atoms with Crippen LogP contribution in [0.4, 0.5) is 10.1 Å². The number of anilines is 1. The summed E-state index contributed by atoms with van der Waals surface area (Å²) in [5, 5.41) is 2.93. The van der Waals surface area contributed by atoms with Gasteiger partial charge in [-0.25, -0.2) is 9.37 Å². The summed E-state index contributed by atoms with van der Waals surface area (Å²) < 4.78 is 15.4. The third kappa shape index (κ3) is 3.38. The van der Waals surface area contributed by atoms with Crippen molar-refractivity contribution in [1.82, 2.24) is 14.9 Å². The van der Waals surface area contributed by atoms with Gasteiger partial charge in [0.05, 0.1) is 5.56 Å². The molecular formula is C19H19FN4O. The average Bonchev–Trinajstić information content (AvgIpc) is 3.01. The molecule has 3 aromatic rings. The summed E-state index contributed by atoms with van der Waals surface area (Å²) in [5.74, 6) is -0.283. The third-order valence-electron chi connectivity index (χ3n) is 4.15. The van der Waals surface area contributed by atoms with E-state index in [9.17, 15) is 9.18 Å². The van der Waals surface area contributed by atoms with Gasteiger partial charge in [-0.3, -0.25) is 4.79 Å². The Morgan fingerprint density at radius 3 is 2.72 bits per heavy atom. The molecule has 1 aromatic heterocycles. The van der Waals surface area contributed by atoms with Crippen molar-refractivity contribution in [2.24, 2.45) is 7.05 Å². The predicted octanol–water partition coefficient (Wildman–Crippen LogP) is 2.97. The lowest BCUT2D eigenvalue weighted by Crippen LogP contribution is -2.32. The van der Waals surface area contributed by atoms with E-state index in [-0.39, 0.29) is 11.3 Å². The predicted molar refractivity (Wildman–Crippen MR) is 94.5 cm³/mol. The molecule has 3 N–H and O–H groups in total. The van der Waals surface area contributed by atoms with Crippen LogP contribution in [0.25, 0.3) is 0 Å². The first-order valence-electron chi connectivity index (χ1n) is 7.86. The zero-order valence-corrected chi connectivity index (χ0v) is 14.0. The van der Waals surface area contributed by atoms with E-state index in [4.69, 9.17) is 5.73 Å². The second-order valence-electron chi connectivity index (χ2n) is 5.89. The Bertz CT molecular complexity index is 919. The number of hydrogen-bond donors (Lipinski definition) is 2. The van der Waals surface area contributed by atoms with Crippen LogP contribution >= 0.6 is 0 Å². The van der Waals surface area contributed by atoms with Crippen molar-refractivity contribution in [3.05, 3.63) is 83.2 Å². The summed E-state index contributed by atoms with van der Waals surface area (Å²) in [6.45, 7) is 1.97. The number of nitrogen functional groups attached to an aromatic ring is 1. The van der Waals surface area contributed by atoms with E-state index >= 15 is 0 Å². The van der Waals surface area contributed by atoms with Crippen LogP contribution in [0, 0.1) is 12.7 Å². The smallest absolute Gasteiger partial charge is 0.254 e. The van der Waals surface area contributed by atoms with Crippen molar-refractivity contribution in [1.29, 1.82) is 0 Å². The van der Waals surface area contributed by atoms with E-state index in [0.29, 0.717) is 5.82 Å². The number of nitrogens with two attached hydrogens (primary N) is 1. The lowest BCUT2D eigenvalue weighted by molar-refractivity contribution is 0.0941. The molecule has 2 aromatic carbocycles. The molecule has 0 fully saturated rings. The number of halogens is 1. The number of nitrogens with one attached hydrogen (secondary N) is 1. The van der Waals surface area contributed by atoms with E-state index in [2.05, 4.69) is 10.3 Å². The van der Waals surface area contributed by atoms with Crippen LogP contribution in [0.2, 0.25) is 0 Å². The maximum Gasteiger partial charge on any atom is 0.254 e. The van der Waals surface area contributed by atoms with Gasteiger partial charge in [-0.2, -0.15) is 0 Å². The molecule has 0 radical (unpaired) electrons. The van der Waals surface area contributed by atoms with Gasteiger partial charge >= 0.3 is 0 Å². The number of carbonyl (C=O) groups is 1. The van der Waals surface area contributed by atoms with Crippen LogP contribution in [-0.2, 0) is 7.05 Å². The number of amides is 1. The molecule has 0 saturated heterocycles. The molecule has 3 rings (SSSR count). The minimum atomic E-state index is -0.510. The summed E-state index contributed by atoms with van der Waals surface area (Å²) in [7, 11) is 1.86. The molecule has 25 heavy (non-hydrogen) atoms. The van der Waals surface area contributed by atoms with Gasteiger partial charge in [0.25, 0.3) is 5.91 Å². The highest BCUT2D eigenvalue weighted by Crippen LogP contribution is 2.25. The van der Waals surface area contributed by atoms with Gasteiger partial charge in [0.1, 0.15) is 17.7 Å². The van der Waals surface area contributed by atoms with Gasteiger partial charge < -0.3 is 15.6 Å². The fourth-order valence-electron chi connectivity index (χ4n) is 2.78. The molecule has 6 heteroatoms. The van der Waals surface area contributed by atoms with Gasteiger partial charge in [0.2, 0.25) is 0 Å². The molecule has 0 spiro atoms. The number of aromatic nitrogens is 2. The van der Waals surface area contributed by atoms with E-state index in [1.54, 1.807) is 6.20 Å². The van der Waals surface area contributed by atoms with Crippen molar-refractivity contribution < 1.29 is 9.18 Å². The first-order valence-corrected chi connectivity index (χ1v) is 7.86. The van der Waals surface area contributed by atoms with Crippen LogP contribution in [0.15, 0.2) is 54.9 Å². The molecule has 0 aliphatic carbocycles. The van der Waals surface area contributed by atoms with Crippen LogP contribution < -0.4 is 11.1 Å². The molecule has 1 atom stereocenters. The Morgan fingerprint density at radius 2 is 2.04 bits per heavy atom. The van der Waals surface area contributed by atoms with Crippen LogP contribution in [-0.4, -0.2) is 15.5 Å². The summed E-state index contributed by atoms with van der Waals surface area (Å²) in [4.78, 5) is 17.1. The molecule has 5 nitrogen and oxygen atoms in total. The fraction of sp³-hybridized carbons (Fsp3) is 0.158. The second-order valence-corrected chi connectivity index (χ2v) is 5.89. The quantitative estimate of drug-likeness (QED) is 0.718. The Morgan fingerprint density at radius 1 is 1.28 bits per heavy atom. The van der Waals surface area contributed by atoms with E-state index in [1.807, 2.05) is 49.0 Å². The Kier molecular flexibility index (Phi) is 4.52. The number of aryl methyl sites for hydroxylation is 2. The average molecular weight is 338 g/mol. The van der Waals surface area contributed by atoms with E-state index in [1.165, 1.54) is 12.1 Å². The number of hydrogen-bond acceptors (Lipinski definition) is 3. The summed E-state index contributed by atoms with van der Waals surface area (Å²) >= 11 is 0. The second kappa shape index (κ2) is 6.76. The first kappa shape index (κ1) is 16.7. The zero-order chi connectivity index (χ0) is 18.0. The molecular weight excluding hydrogens is 319 g/mol. The molecule has 0 aliphatic heterocycles. The van der Waals surface area contributed by atoms with Gasteiger partial charge in [-0.1, -0.05) is 24.3 Å². The van der Waals surface area contributed by atoms with Crippen molar-refractivity contribution in [3.63, 3.8) is 0 Å². The number of rotatable bonds is 4. The maximum atomic E-state index is 13.5. The lowest BCUT2D eigenvalue weighted by atomic mass is 10.00. The number of carbonyl (C=O) groups excluding carboxylic acids is 1. The Hall–Kier alpha value is -3.15. The minimum Gasteiger partial charge on any atom is -0.398 e. The number of nitrogens with zero attached hydrogens (tertiary/aromatic N) is 2. The molecule has 1 heterocycles. The zero-order valence-electron chi connectivity index (χ0n) is 14.0. The van der Waals surface area contributed by atoms with Crippen molar-refractivity contribution in [2.45, 2.75) is 13.0 Å². The summed E-state index contributed by atoms with van der Waals surface area (Å²) in [5.41, 5.74) is 8.10. The molecule has 0 saturated carbocycles. The van der Waals surface area contributed by atoms with Crippen molar-refractivity contribution in [2.75, 3.05) is 5.73 Å². The first-order chi connectivity index (χ1) is 12.0. The van der Waals surface area contributed by atoms with Crippen LogP contribution in [0.1, 0.15) is 33.4 Å². The fourth-order valence-corrected chi connectivity index (χ4v) is 2.78. The number of benzene rings is 2. The Balaban J connectivity index is 2.01. The monoisotopic (exact) mass is 338 g/mol. The van der Waals surface area contributed by atoms with E-state index in [0.717, 1.165) is 17.2 Å². The van der Waals surface area contributed by atoms with Gasteiger partial charge in [0.15, 0.2) is 0 Å².